The molecule has 0 spiro atoms. The first-order chi connectivity index (χ1) is 14.4. The number of pyridine rings is 1. The monoisotopic (exact) mass is 414 g/mol. The Bertz CT molecular complexity index is 1030. The highest BCUT2D eigenvalue weighted by Crippen LogP contribution is 2.32. The van der Waals surface area contributed by atoms with Gasteiger partial charge in [0.2, 0.25) is 5.88 Å². The summed E-state index contributed by atoms with van der Waals surface area (Å²) in [5.74, 6) is -0.174. The van der Waals surface area contributed by atoms with E-state index in [9.17, 15) is 18.0 Å². The summed E-state index contributed by atoms with van der Waals surface area (Å²) in [6.07, 6.45) is 0.198. The van der Waals surface area contributed by atoms with Gasteiger partial charge in [-0.2, -0.15) is 18.2 Å². The Balaban J connectivity index is 1.60. The lowest BCUT2D eigenvalue weighted by Gasteiger charge is -2.15. The van der Waals surface area contributed by atoms with Crippen molar-refractivity contribution in [2.75, 3.05) is 13.1 Å². The van der Waals surface area contributed by atoms with E-state index in [4.69, 9.17) is 4.74 Å². The minimum atomic E-state index is -4.66. The summed E-state index contributed by atoms with van der Waals surface area (Å²) in [5.41, 5.74) is -0.229. The van der Waals surface area contributed by atoms with E-state index in [1.54, 1.807) is 17.0 Å². The third kappa shape index (κ3) is 4.40. The number of aromatic nitrogens is 3. The average molecular weight is 414 g/mol. The lowest BCUT2D eigenvalue weighted by atomic mass is 10.2. The van der Waals surface area contributed by atoms with E-state index in [0.29, 0.717) is 11.1 Å². The zero-order valence-electron chi connectivity index (χ0n) is 15.8. The summed E-state index contributed by atoms with van der Waals surface area (Å²) in [4.78, 5) is 25.7. The van der Waals surface area contributed by atoms with Gasteiger partial charge in [0.1, 0.15) is 5.75 Å². The van der Waals surface area contributed by atoms with E-state index in [0.717, 1.165) is 32.0 Å². The molecule has 30 heavy (non-hydrogen) atoms. The van der Waals surface area contributed by atoms with Gasteiger partial charge >= 0.3 is 6.18 Å². The first-order valence-corrected chi connectivity index (χ1v) is 9.34. The first-order valence-electron chi connectivity index (χ1n) is 9.34. The van der Waals surface area contributed by atoms with Crippen molar-refractivity contribution in [2.24, 2.45) is 0 Å². The lowest BCUT2D eigenvalue weighted by Crippen LogP contribution is -2.27. The Hall–Kier alpha value is -3.49. The van der Waals surface area contributed by atoms with E-state index < -0.39 is 11.9 Å². The Morgan fingerprint density at radius 1 is 0.967 bits per heavy atom. The molecule has 1 aromatic carbocycles. The number of likely N-dealkylation sites (tertiary alicyclic amines) is 1. The fraction of sp³-hybridized carbons (Fsp3) is 0.238. The summed E-state index contributed by atoms with van der Waals surface area (Å²) in [6.45, 7) is 1.46. The molecule has 3 aromatic rings. The third-order valence-corrected chi connectivity index (χ3v) is 4.65. The van der Waals surface area contributed by atoms with E-state index in [1.165, 1.54) is 36.7 Å². The van der Waals surface area contributed by atoms with Crippen LogP contribution in [0, 0.1) is 0 Å². The molecule has 0 radical (unpaired) electrons. The Labute approximate surface area is 170 Å². The maximum absolute atomic E-state index is 13.3. The van der Waals surface area contributed by atoms with Gasteiger partial charge in [-0.05, 0) is 49.2 Å². The molecular formula is C21H17F3N4O2. The summed E-state index contributed by atoms with van der Waals surface area (Å²) in [5, 5.41) is 0. The van der Waals surface area contributed by atoms with E-state index in [2.05, 4.69) is 15.0 Å². The molecule has 0 aliphatic carbocycles. The molecule has 0 saturated carbocycles. The summed E-state index contributed by atoms with van der Waals surface area (Å²) >= 11 is 0. The molecule has 1 aliphatic heterocycles. The first kappa shape index (κ1) is 19.8. The number of alkyl halides is 3. The van der Waals surface area contributed by atoms with Crippen LogP contribution in [-0.4, -0.2) is 38.8 Å². The molecule has 4 rings (SSSR count). The molecule has 1 aliphatic rings. The van der Waals surface area contributed by atoms with E-state index >= 15 is 0 Å². The number of hydrogen-bond donors (Lipinski definition) is 0. The number of ether oxygens (including phenoxy) is 1. The molecule has 0 atom stereocenters. The minimum Gasteiger partial charge on any atom is -0.439 e. The highest BCUT2D eigenvalue weighted by atomic mass is 19.4. The number of halogens is 3. The minimum absolute atomic E-state index is 0.0691. The highest BCUT2D eigenvalue weighted by molar-refractivity contribution is 5.94. The largest absolute Gasteiger partial charge is 0.439 e. The maximum atomic E-state index is 13.3. The van der Waals surface area contributed by atoms with Crippen molar-refractivity contribution in [2.45, 2.75) is 19.0 Å². The number of rotatable bonds is 4. The molecule has 154 valence electrons. The van der Waals surface area contributed by atoms with Crippen molar-refractivity contribution in [3.05, 3.63) is 66.1 Å². The van der Waals surface area contributed by atoms with Crippen LogP contribution in [0.1, 0.15) is 28.9 Å². The zero-order chi connectivity index (χ0) is 21.1. The van der Waals surface area contributed by atoms with Crippen molar-refractivity contribution < 1.29 is 22.7 Å². The molecule has 1 amide bonds. The Morgan fingerprint density at radius 2 is 1.63 bits per heavy atom. The molecule has 0 unspecified atom stereocenters. The zero-order valence-corrected chi connectivity index (χ0v) is 15.8. The average Bonchev–Trinajstić information content (AvgIpc) is 3.28. The maximum Gasteiger partial charge on any atom is 0.433 e. The number of carbonyl (C=O) groups is 1. The fourth-order valence-electron chi connectivity index (χ4n) is 3.14. The van der Waals surface area contributed by atoms with E-state index in [1.807, 2.05) is 0 Å². The molecule has 6 nitrogen and oxygen atoms in total. The van der Waals surface area contributed by atoms with Crippen LogP contribution in [0.4, 0.5) is 13.2 Å². The van der Waals surface area contributed by atoms with Gasteiger partial charge in [0.05, 0.1) is 0 Å². The topological polar surface area (TPSA) is 68.2 Å². The van der Waals surface area contributed by atoms with Gasteiger partial charge in [0, 0.05) is 42.7 Å². The molecule has 2 aromatic heterocycles. The SMILES string of the molecule is O=C(c1ccc(Oc2cc(C(F)(F)F)nc(-c3ccncc3)n2)cc1)N1CCCC1. The summed E-state index contributed by atoms with van der Waals surface area (Å²) in [7, 11) is 0. The number of nitrogens with zero attached hydrogens (tertiary/aromatic N) is 4. The second kappa shape index (κ2) is 8.10. The summed E-state index contributed by atoms with van der Waals surface area (Å²) in [6, 6.07) is 10.0. The second-order valence-corrected chi connectivity index (χ2v) is 6.77. The van der Waals surface area contributed by atoms with Gasteiger partial charge in [0.25, 0.3) is 5.91 Å². The van der Waals surface area contributed by atoms with Crippen LogP contribution in [0.15, 0.2) is 54.9 Å². The number of carbonyl (C=O) groups excluding carboxylic acids is 1. The number of benzene rings is 1. The van der Waals surface area contributed by atoms with Gasteiger partial charge < -0.3 is 9.64 Å². The molecule has 9 heteroatoms. The van der Waals surface area contributed by atoms with Crippen LogP contribution in [0.5, 0.6) is 11.6 Å². The van der Waals surface area contributed by atoms with Crippen molar-refractivity contribution in [3.8, 4) is 23.0 Å². The van der Waals surface area contributed by atoms with Crippen molar-refractivity contribution in [3.63, 3.8) is 0 Å². The van der Waals surface area contributed by atoms with Crippen LogP contribution in [0.25, 0.3) is 11.4 Å². The van der Waals surface area contributed by atoms with Crippen LogP contribution < -0.4 is 4.74 Å². The normalized spacial score (nSPS) is 14.0. The van der Waals surface area contributed by atoms with Gasteiger partial charge in [-0.3, -0.25) is 9.78 Å². The van der Waals surface area contributed by atoms with Crippen molar-refractivity contribution >= 4 is 5.91 Å². The molecule has 3 heterocycles. The van der Waals surface area contributed by atoms with Crippen LogP contribution in [0.2, 0.25) is 0 Å². The van der Waals surface area contributed by atoms with Crippen LogP contribution in [0.3, 0.4) is 0 Å². The Kier molecular flexibility index (Phi) is 5.35. The standard InChI is InChI=1S/C21H17F3N4O2/c22-21(23,24)17-13-18(27-19(26-17)14-7-9-25-10-8-14)30-16-5-3-15(4-6-16)20(29)28-11-1-2-12-28/h3-10,13H,1-2,11-12H2. The van der Waals surface area contributed by atoms with Gasteiger partial charge in [-0.25, -0.2) is 4.98 Å². The molecule has 0 N–H and O–H groups in total. The number of amides is 1. The third-order valence-electron chi connectivity index (χ3n) is 4.65. The lowest BCUT2D eigenvalue weighted by molar-refractivity contribution is -0.141. The predicted octanol–water partition coefficient (Wildman–Crippen LogP) is 4.59. The quantitative estimate of drug-likeness (QED) is 0.625. The second-order valence-electron chi connectivity index (χ2n) is 6.77. The van der Waals surface area contributed by atoms with Crippen LogP contribution >= 0.6 is 0 Å². The van der Waals surface area contributed by atoms with Gasteiger partial charge in [0.15, 0.2) is 11.5 Å². The van der Waals surface area contributed by atoms with Crippen LogP contribution in [-0.2, 0) is 6.18 Å². The van der Waals surface area contributed by atoms with Gasteiger partial charge in [-0.1, -0.05) is 0 Å². The molecule has 1 saturated heterocycles. The summed E-state index contributed by atoms with van der Waals surface area (Å²) < 4.78 is 45.4. The Morgan fingerprint density at radius 3 is 2.27 bits per heavy atom. The molecular weight excluding hydrogens is 397 g/mol. The highest BCUT2D eigenvalue weighted by Gasteiger charge is 2.34. The molecule has 1 fully saturated rings. The van der Waals surface area contributed by atoms with Gasteiger partial charge in [-0.15, -0.1) is 0 Å². The predicted molar refractivity (Wildman–Crippen MR) is 102 cm³/mol. The smallest absolute Gasteiger partial charge is 0.433 e. The van der Waals surface area contributed by atoms with E-state index in [-0.39, 0.29) is 23.4 Å². The fourth-order valence-corrected chi connectivity index (χ4v) is 3.14. The van der Waals surface area contributed by atoms with Crippen molar-refractivity contribution in [1.82, 2.24) is 19.9 Å². The number of hydrogen-bond acceptors (Lipinski definition) is 5. The van der Waals surface area contributed by atoms with Crippen molar-refractivity contribution in [1.29, 1.82) is 0 Å². The molecule has 0 bridgehead atoms.